The number of rotatable bonds is 8. The Hall–Kier alpha value is -1.07. The van der Waals surface area contributed by atoms with E-state index in [1.54, 1.807) is 5.30 Å². The van der Waals surface area contributed by atoms with E-state index >= 15 is 0 Å². The van der Waals surface area contributed by atoms with Crippen LogP contribution in [0.25, 0.3) is 22.0 Å². The van der Waals surface area contributed by atoms with Gasteiger partial charge < -0.3 is 4.98 Å². The van der Waals surface area contributed by atoms with Gasteiger partial charge in [0.15, 0.2) is 0 Å². The second-order valence-corrected chi connectivity index (χ2v) is 11.3. The SMILES string of the molecule is CCC[P+](CCC)(CCC)c1cc[c-]c(-c2nccc3ccccc23)c1.[Ir]. The molecule has 3 rings (SSSR count). The standard InChI is InChI=1S/C24H30NP.Ir/c1-4-16-26(17-5-2,18-6-3)22-12-9-11-21(19-22)24-23-13-8-7-10-20(23)14-15-25-24;/h7-10,12-15,19H,4-6,16-18H2,1-3H3;. The molecule has 1 radical (unpaired) electrons. The van der Waals surface area contributed by atoms with Crippen LogP contribution < -0.4 is 5.30 Å². The molecule has 0 aliphatic rings. The van der Waals surface area contributed by atoms with Crippen LogP contribution in [0.1, 0.15) is 40.0 Å². The number of hydrogen-bond acceptors (Lipinski definition) is 1. The molecule has 0 bridgehead atoms. The summed E-state index contributed by atoms with van der Waals surface area (Å²) < 4.78 is 0. The van der Waals surface area contributed by atoms with E-state index in [0.717, 1.165) is 11.3 Å². The monoisotopic (exact) mass is 556 g/mol. The van der Waals surface area contributed by atoms with E-state index in [2.05, 4.69) is 75.4 Å². The van der Waals surface area contributed by atoms with Gasteiger partial charge in [0.05, 0.1) is 18.5 Å². The fourth-order valence-electron chi connectivity index (χ4n) is 4.23. The van der Waals surface area contributed by atoms with E-state index in [0.29, 0.717) is 0 Å². The molecule has 1 aromatic heterocycles. The van der Waals surface area contributed by atoms with Crippen molar-refractivity contribution in [3.05, 3.63) is 60.8 Å². The Morgan fingerprint density at radius 2 is 1.56 bits per heavy atom. The Labute approximate surface area is 178 Å². The predicted molar refractivity (Wildman–Crippen MR) is 118 cm³/mol. The van der Waals surface area contributed by atoms with Gasteiger partial charge in [-0.15, -0.1) is 29.8 Å². The topological polar surface area (TPSA) is 12.9 Å². The van der Waals surface area contributed by atoms with Crippen LogP contribution >= 0.6 is 7.26 Å². The van der Waals surface area contributed by atoms with Crippen molar-refractivity contribution in [2.75, 3.05) is 18.5 Å². The molecule has 1 heterocycles. The Morgan fingerprint density at radius 1 is 0.889 bits per heavy atom. The molecule has 1 nitrogen and oxygen atoms in total. The van der Waals surface area contributed by atoms with Crippen LogP contribution in [-0.2, 0) is 20.1 Å². The van der Waals surface area contributed by atoms with Gasteiger partial charge in [-0.2, -0.15) is 0 Å². The molecule has 0 N–H and O–H groups in total. The zero-order valence-corrected chi connectivity index (χ0v) is 20.0. The number of fused-ring (bicyclic) bond motifs is 1. The van der Waals surface area contributed by atoms with Crippen molar-refractivity contribution in [3.63, 3.8) is 0 Å². The maximum Gasteiger partial charge on any atom is 0.0623 e. The normalized spacial score (nSPS) is 11.4. The smallest absolute Gasteiger partial charge is 0.0623 e. The van der Waals surface area contributed by atoms with Crippen LogP contribution in [0.15, 0.2) is 54.7 Å². The molecule has 145 valence electrons. The molecule has 0 fully saturated rings. The summed E-state index contributed by atoms with van der Waals surface area (Å²) in [5.41, 5.74) is 2.21. The van der Waals surface area contributed by atoms with Gasteiger partial charge in [-0.25, -0.2) is 0 Å². The van der Waals surface area contributed by atoms with Crippen LogP contribution in [0.4, 0.5) is 0 Å². The third-order valence-corrected chi connectivity index (χ3v) is 10.5. The van der Waals surface area contributed by atoms with Crippen molar-refractivity contribution in [2.24, 2.45) is 0 Å². The molecule has 3 heteroatoms. The summed E-state index contributed by atoms with van der Waals surface area (Å²) in [5.74, 6) is 0. The fourth-order valence-corrected chi connectivity index (χ4v) is 9.03. The summed E-state index contributed by atoms with van der Waals surface area (Å²) in [6, 6.07) is 20.9. The molecule has 0 atom stereocenters. The number of benzene rings is 2. The molecule has 3 aromatic rings. The maximum absolute atomic E-state index is 4.72. The summed E-state index contributed by atoms with van der Waals surface area (Å²) in [6.07, 6.45) is 9.82. The number of aromatic nitrogens is 1. The Morgan fingerprint density at radius 3 is 2.22 bits per heavy atom. The third kappa shape index (κ3) is 4.86. The predicted octanol–water partition coefficient (Wildman–Crippen LogP) is 6.57. The molecular formula is C24H30IrNP. The molecular weight excluding hydrogens is 525 g/mol. The molecule has 0 aliphatic carbocycles. The van der Waals surface area contributed by atoms with E-state index in [1.807, 2.05) is 6.20 Å². The van der Waals surface area contributed by atoms with Crippen LogP contribution in [0, 0.1) is 6.07 Å². The van der Waals surface area contributed by atoms with Crippen molar-refractivity contribution in [2.45, 2.75) is 40.0 Å². The van der Waals surface area contributed by atoms with Gasteiger partial charge in [0.25, 0.3) is 0 Å². The Balaban J connectivity index is 0.00000261. The Bertz CT molecular complexity index is 839. The van der Waals surface area contributed by atoms with E-state index in [1.165, 1.54) is 48.5 Å². The first-order chi connectivity index (χ1) is 12.7. The van der Waals surface area contributed by atoms with E-state index in [-0.39, 0.29) is 20.1 Å². The minimum absolute atomic E-state index is 0. The van der Waals surface area contributed by atoms with Gasteiger partial charge in [-0.1, -0.05) is 45.0 Å². The van der Waals surface area contributed by atoms with Crippen molar-refractivity contribution in [1.82, 2.24) is 4.98 Å². The number of hydrogen-bond donors (Lipinski definition) is 0. The first-order valence-electron chi connectivity index (χ1n) is 9.96. The second kappa shape index (κ2) is 10.5. The van der Waals surface area contributed by atoms with Gasteiger partial charge in [-0.05, 0) is 41.8 Å². The van der Waals surface area contributed by atoms with Crippen molar-refractivity contribution in [1.29, 1.82) is 0 Å². The average molecular weight is 556 g/mol. The van der Waals surface area contributed by atoms with Gasteiger partial charge >= 0.3 is 0 Å². The minimum atomic E-state index is -1.10. The fraction of sp³-hybridized carbons (Fsp3) is 0.375. The van der Waals surface area contributed by atoms with Gasteiger partial charge in [0, 0.05) is 38.9 Å². The van der Waals surface area contributed by atoms with Crippen LogP contribution in [-0.4, -0.2) is 23.5 Å². The third-order valence-electron chi connectivity index (χ3n) is 5.22. The van der Waals surface area contributed by atoms with E-state index in [9.17, 15) is 0 Å². The van der Waals surface area contributed by atoms with E-state index in [4.69, 9.17) is 4.98 Å². The zero-order valence-electron chi connectivity index (χ0n) is 16.7. The van der Waals surface area contributed by atoms with Crippen molar-refractivity contribution >= 4 is 23.3 Å². The summed E-state index contributed by atoms with van der Waals surface area (Å²) in [7, 11) is -1.10. The summed E-state index contributed by atoms with van der Waals surface area (Å²) in [4.78, 5) is 4.72. The molecule has 0 aliphatic heterocycles. The van der Waals surface area contributed by atoms with Crippen molar-refractivity contribution in [3.8, 4) is 11.3 Å². The molecule has 0 amide bonds. The quantitative estimate of drug-likeness (QED) is 0.226. The van der Waals surface area contributed by atoms with Crippen LogP contribution in [0.3, 0.4) is 0 Å². The molecule has 0 saturated heterocycles. The molecule has 27 heavy (non-hydrogen) atoms. The summed E-state index contributed by atoms with van der Waals surface area (Å²) >= 11 is 0. The second-order valence-electron chi connectivity index (χ2n) is 7.16. The minimum Gasteiger partial charge on any atom is -0.304 e. The molecule has 0 unspecified atom stereocenters. The molecule has 2 aromatic carbocycles. The first-order valence-corrected chi connectivity index (χ1v) is 12.3. The van der Waals surface area contributed by atoms with Gasteiger partial charge in [-0.3, -0.25) is 0 Å². The number of nitrogens with zero attached hydrogens (tertiary/aromatic N) is 1. The van der Waals surface area contributed by atoms with Crippen LogP contribution in [0.5, 0.6) is 0 Å². The Kier molecular flexibility index (Phi) is 8.61. The largest absolute Gasteiger partial charge is 0.304 e. The number of pyridine rings is 1. The molecule has 0 spiro atoms. The van der Waals surface area contributed by atoms with Crippen molar-refractivity contribution < 1.29 is 20.1 Å². The average Bonchev–Trinajstić information content (AvgIpc) is 2.68. The molecule has 0 saturated carbocycles. The van der Waals surface area contributed by atoms with Gasteiger partial charge in [0.1, 0.15) is 0 Å². The van der Waals surface area contributed by atoms with Gasteiger partial charge in [0.2, 0.25) is 0 Å². The summed E-state index contributed by atoms with van der Waals surface area (Å²) in [5, 5.41) is 4.04. The van der Waals surface area contributed by atoms with Crippen LogP contribution in [0.2, 0.25) is 0 Å². The van der Waals surface area contributed by atoms with E-state index < -0.39 is 7.26 Å². The summed E-state index contributed by atoms with van der Waals surface area (Å²) in [6.45, 7) is 7.01. The maximum atomic E-state index is 4.72. The zero-order chi connectivity index (χ0) is 18.4. The first kappa shape index (κ1) is 22.2.